The first-order valence-corrected chi connectivity index (χ1v) is 6.97. The number of ether oxygens (including phenoxy) is 2. The van der Waals surface area contributed by atoms with E-state index < -0.39 is 0 Å². The molecule has 0 aliphatic carbocycles. The smallest absolute Gasteiger partial charge is 0.228 e. The molecule has 3 heterocycles. The fourth-order valence-electron chi connectivity index (χ4n) is 3.38. The van der Waals surface area contributed by atoms with Gasteiger partial charge in [0.15, 0.2) is 0 Å². The largest absolute Gasteiger partial charge is 0.481 e. The molecular weight excluding hydrogens is 242 g/mol. The quantitative estimate of drug-likeness (QED) is 0.815. The first-order valence-electron chi connectivity index (χ1n) is 6.97. The van der Waals surface area contributed by atoms with E-state index in [-0.39, 0.29) is 0 Å². The summed E-state index contributed by atoms with van der Waals surface area (Å²) in [6.07, 6.45) is 5.27. The van der Waals surface area contributed by atoms with Crippen LogP contribution in [0.1, 0.15) is 26.2 Å². The van der Waals surface area contributed by atoms with Crippen molar-refractivity contribution >= 4 is 5.95 Å². The minimum absolute atomic E-state index is 0.380. The highest BCUT2D eigenvalue weighted by molar-refractivity contribution is 5.37. The van der Waals surface area contributed by atoms with Gasteiger partial charge in [-0.1, -0.05) is 0 Å². The summed E-state index contributed by atoms with van der Waals surface area (Å²) in [5.41, 5.74) is 0.380. The fourth-order valence-corrected chi connectivity index (χ4v) is 3.38. The Morgan fingerprint density at radius 2 is 2.16 bits per heavy atom. The maximum Gasteiger partial charge on any atom is 0.228 e. The molecule has 19 heavy (non-hydrogen) atoms. The molecule has 2 saturated heterocycles. The molecule has 2 aliphatic heterocycles. The van der Waals surface area contributed by atoms with Gasteiger partial charge in [0.05, 0.1) is 7.11 Å². The molecule has 0 saturated carbocycles. The summed E-state index contributed by atoms with van der Waals surface area (Å²) in [6.45, 7) is 5.09. The van der Waals surface area contributed by atoms with Crippen LogP contribution >= 0.6 is 0 Å². The van der Waals surface area contributed by atoms with Gasteiger partial charge >= 0.3 is 0 Å². The Hall–Kier alpha value is -1.36. The fraction of sp³-hybridized carbons (Fsp3) is 0.714. The lowest BCUT2D eigenvalue weighted by Crippen LogP contribution is -2.41. The van der Waals surface area contributed by atoms with E-state index in [1.807, 2.05) is 0 Å². The summed E-state index contributed by atoms with van der Waals surface area (Å²) < 4.78 is 10.7. The monoisotopic (exact) mass is 263 g/mol. The average Bonchev–Trinajstić information content (AvgIpc) is 2.77. The third kappa shape index (κ3) is 2.16. The van der Waals surface area contributed by atoms with E-state index >= 15 is 0 Å². The summed E-state index contributed by atoms with van der Waals surface area (Å²) >= 11 is 0. The van der Waals surface area contributed by atoms with Crippen molar-refractivity contribution in [2.45, 2.75) is 32.2 Å². The highest BCUT2D eigenvalue weighted by Crippen LogP contribution is 2.45. The van der Waals surface area contributed by atoms with Gasteiger partial charge in [-0.05, 0) is 31.6 Å². The number of aromatic nitrogens is 2. The third-order valence-electron chi connectivity index (χ3n) is 4.78. The summed E-state index contributed by atoms with van der Waals surface area (Å²) in [6, 6.07) is 2.25. The molecule has 1 unspecified atom stereocenters. The van der Waals surface area contributed by atoms with Gasteiger partial charge in [0, 0.05) is 38.1 Å². The number of nitrogens with zero attached hydrogens (tertiary/aromatic N) is 3. The number of rotatable bonds is 2. The van der Waals surface area contributed by atoms with Gasteiger partial charge in [-0.15, -0.1) is 0 Å². The zero-order valence-corrected chi connectivity index (χ0v) is 11.6. The SMILES string of the molecule is COc1ccnc(N2CCC3(CCOCC3)C2C)n1. The second-order valence-corrected chi connectivity index (χ2v) is 5.49. The van der Waals surface area contributed by atoms with Crippen LogP contribution in [-0.4, -0.2) is 42.9 Å². The van der Waals surface area contributed by atoms with Gasteiger partial charge in [0.2, 0.25) is 11.8 Å². The first-order chi connectivity index (χ1) is 9.25. The Bertz CT molecular complexity index is 446. The Morgan fingerprint density at radius 1 is 1.37 bits per heavy atom. The van der Waals surface area contributed by atoms with Crippen LogP contribution in [0.5, 0.6) is 5.88 Å². The lowest BCUT2D eigenvalue weighted by Gasteiger charge is -2.38. The average molecular weight is 263 g/mol. The van der Waals surface area contributed by atoms with E-state index in [1.54, 1.807) is 19.4 Å². The molecule has 1 spiro atoms. The van der Waals surface area contributed by atoms with Crippen LogP contribution in [0.4, 0.5) is 5.95 Å². The molecule has 3 rings (SSSR count). The van der Waals surface area contributed by atoms with Crippen molar-refractivity contribution in [2.75, 3.05) is 31.8 Å². The van der Waals surface area contributed by atoms with Gasteiger partial charge in [0.25, 0.3) is 0 Å². The van der Waals surface area contributed by atoms with Crippen molar-refractivity contribution in [1.82, 2.24) is 9.97 Å². The number of hydrogen-bond donors (Lipinski definition) is 0. The van der Waals surface area contributed by atoms with Crippen molar-refractivity contribution in [3.63, 3.8) is 0 Å². The second kappa shape index (κ2) is 4.96. The van der Waals surface area contributed by atoms with Gasteiger partial charge < -0.3 is 14.4 Å². The van der Waals surface area contributed by atoms with Crippen molar-refractivity contribution in [3.05, 3.63) is 12.3 Å². The topological polar surface area (TPSA) is 47.5 Å². The minimum atomic E-state index is 0.380. The van der Waals surface area contributed by atoms with Crippen LogP contribution < -0.4 is 9.64 Å². The van der Waals surface area contributed by atoms with Crippen LogP contribution in [0.25, 0.3) is 0 Å². The van der Waals surface area contributed by atoms with Gasteiger partial charge in [-0.25, -0.2) is 4.98 Å². The van der Waals surface area contributed by atoms with Gasteiger partial charge in [-0.2, -0.15) is 4.98 Å². The third-order valence-corrected chi connectivity index (χ3v) is 4.78. The molecular formula is C14H21N3O2. The van der Waals surface area contributed by atoms with E-state index in [0.29, 0.717) is 17.3 Å². The van der Waals surface area contributed by atoms with Crippen molar-refractivity contribution in [2.24, 2.45) is 5.41 Å². The highest BCUT2D eigenvalue weighted by atomic mass is 16.5. The molecule has 0 amide bonds. The zero-order chi connectivity index (χ0) is 13.3. The van der Waals surface area contributed by atoms with Crippen LogP contribution in [-0.2, 0) is 4.74 Å². The molecule has 1 aromatic rings. The Labute approximate surface area is 113 Å². The Balaban J connectivity index is 1.82. The molecule has 0 radical (unpaired) electrons. The van der Waals surface area contributed by atoms with Crippen LogP contribution in [0.2, 0.25) is 0 Å². The van der Waals surface area contributed by atoms with E-state index in [2.05, 4.69) is 21.8 Å². The maximum absolute atomic E-state index is 5.51. The standard InChI is InChI=1S/C14H21N3O2/c1-11-14(5-9-19-10-6-14)4-8-17(11)13-15-7-3-12(16-13)18-2/h3,7,11H,4-6,8-10H2,1-2H3. The molecule has 5 nitrogen and oxygen atoms in total. The highest BCUT2D eigenvalue weighted by Gasteiger charge is 2.46. The molecule has 0 N–H and O–H groups in total. The van der Waals surface area contributed by atoms with Crippen LogP contribution in [0.3, 0.4) is 0 Å². The predicted octanol–water partition coefficient (Wildman–Crippen LogP) is 1.88. The molecule has 5 heteroatoms. The number of hydrogen-bond acceptors (Lipinski definition) is 5. The second-order valence-electron chi connectivity index (χ2n) is 5.49. The van der Waals surface area contributed by atoms with E-state index in [4.69, 9.17) is 9.47 Å². The lowest BCUT2D eigenvalue weighted by atomic mass is 9.74. The summed E-state index contributed by atoms with van der Waals surface area (Å²) in [5, 5.41) is 0. The lowest BCUT2D eigenvalue weighted by molar-refractivity contribution is 0.0128. The molecule has 1 atom stereocenters. The van der Waals surface area contributed by atoms with Crippen molar-refractivity contribution in [1.29, 1.82) is 0 Å². The van der Waals surface area contributed by atoms with Crippen LogP contribution in [0, 0.1) is 5.41 Å². The van der Waals surface area contributed by atoms with Crippen molar-refractivity contribution in [3.8, 4) is 5.88 Å². The normalized spacial score (nSPS) is 25.8. The Kier molecular flexibility index (Phi) is 3.31. The Morgan fingerprint density at radius 3 is 2.89 bits per heavy atom. The maximum atomic E-state index is 5.51. The molecule has 0 bridgehead atoms. The van der Waals surface area contributed by atoms with Crippen LogP contribution in [0.15, 0.2) is 12.3 Å². The van der Waals surface area contributed by atoms with E-state index in [9.17, 15) is 0 Å². The molecule has 2 aliphatic rings. The van der Waals surface area contributed by atoms with Gasteiger partial charge in [0.1, 0.15) is 0 Å². The zero-order valence-electron chi connectivity index (χ0n) is 11.6. The summed E-state index contributed by atoms with van der Waals surface area (Å²) in [7, 11) is 1.64. The predicted molar refractivity (Wildman–Crippen MR) is 72.5 cm³/mol. The van der Waals surface area contributed by atoms with E-state index in [1.165, 1.54) is 6.42 Å². The van der Waals surface area contributed by atoms with E-state index in [0.717, 1.165) is 38.5 Å². The molecule has 104 valence electrons. The number of anilines is 1. The van der Waals surface area contributed by atoms with Crippen molar-refractivity contribution < 1.29 is 9.47 Å². The first kappa shape index (κ1) is 12.7. The summed E-state index contributed by atoms with van der Waals surface area (Å²) in [4.78, 5) is 11.2. The number of methoxy groups -OCH3 is 1. The summed E-state index contributed by atoms with van der Waals surface area (Å²) in [5.74, 6) is 1.42. The van der Waals surface area contributed by atoms with Gasteiger partial charge in [-0.3, -0.25) is 0 Å². The molecule has 2 fully saturated rings. The molecule has 0 aromatic carbocycles. The molecule has 1 aromatic heterocycles. The minimum Gasteiger partial charge on any atom is -0.481 e.